The number of oxazole rings is 1. The van der Waals surface area contributed by atoms with Crippen LogP contribution in [0.5, 0.6) is 11.5 Å². The van der Waals surface area contributed by atoms with Crippen LogP contribution in [0.4, 0.5) is 0 Å². The summed E-state index contributed by atoms with van der Waals surface area (Å²) in [7, 11) is 0. The van der Waals surface area contributed by atoms with Crippen LogP contribution in [0.3, 0.4) is 0 Å². The van der Waals surface area contributed by atoms with Crippen molar-refractivity contribution < 1.29 is 28.6 Å². The van der Waals surface area contributed by atoms with E-state index in [0.29, 0.717) is 49.0 Å². The first-order valence-electron chi connectivity index (χ1n) is 7.99. The predicted molar refractivity (Wildman–Crippen MR) is 84.6 cm³/mol. The number of fused-ring (bicyclic) bond motifs is 1. The van der Waals surface area contributed by atoms with Crippen LogP contribution >= 0.6 is 0 Å². The largest absolute Gasteiger partial charge is 0.486 e. The number of carbonyl (C=O) groups is 2. The number of rotatable bonds is 3. The highest BCUT2D eigenvalue weighted by atomic mass is 16.6. The molecule has 1 atom stereocenters. The topological polar surface area (TPSA) is 102 Å². The Balaban J connectivity index is 1.61. The maximum Gasteiger partial charge on any atom is 0.308 e. The van der Waals surface area contributed by atoms with Crippen molar-refractivity contribution in [3.05, 3.63) is 30.3 Å². The van der Waals surface area contributed by atoms with E-state index < -0.39 is 11.9 Å². The lowest BCUT2D eigenvalue weighted by atomic mass is 10.1. The summed E-state index contributed by atoms with van der Waals surface area (Å²) < 4.78 is 16.5. The molecular weight excluding hydrogens is 328 g/mol. The maximum atomic E-state index is 12.7. The van der Waals surface area contributed by atoms with Crippen molar-refractivity contribution in [1.82, 2.24) is 9.88 Å². The fraction of sp³-hybridized carbons (Fsp3) is 0.353. The molecule has 0 radical (unpaired) electrons. The number of ether oxygens (including phenoxy) is 2. The Hall–Kier alpha value is -3.03. The van der Waals surface area contributed by atoms with Crippen molar-refractivity contribution in [3.63, 3.8) is 0 Å². The number of carbonyl (C=O) groups excluding carboxylic acids is 1. The van der Waals surface area contributed by atoms with E-state index in [-0.39, 0.29) is 18.1 Å². The van der Waals surface area contributed by atoms with Gasteiger partial charge >= 0.3 is 5.97 Å². The Kier molecular flexibility index (Phi) is 3.79. The Morgan fingerprint density at radius 2 is 2.00 bits per heavy atom. The summed E-state index contributed by atoms with van der Waals surface area (Å²) in [5.41, 5.74) is 0.821. The van der Waals surface area contributed by atoms with Gasteiger partial charge in [-0.05, 0) is 24.6 Å². The third kappa shape index (κ3) is 2.79. The van der Waals surface area contributed by atoms with Crippen LogP contribution in [0.1, 0.15) is 16.9 Å². The maximum absolute atomic E-state index is 12.7. The average Bonchev–Trinajstić information content (AvgIpc) is 3.30. The number of amides is 1. The lowest BCUT2D eigenvalue weighted by molar-refractivity contribution is -0.141. The molecule has 4 rings (SSSR count). The third-order valence-electron chi connectivity index (χ3n) is 4.40. The molecule has 2 aliphatic rings. The van der Waals surface area contributed by atoms with Gasteiger partial charge in [0.15, 0.2) is 29.3 Å². The van der Waals surface area contributed by atoms with Crippen molar-refractivity contribution in [1.29, 1.82) is 0 Å². The van der Waals surface area contributed by atoms with Crippen molar-refractivity contribution in [3.8, 4) is 22.8 Å². The summed E-state index contributed by atoms with van der Waals surface area (Å²) in [5, 5.41) is 9.09. The Morgan fingerprint density at radius 1 is 1.20 bits per heavy atom. The van der Waals surface area contributed by atoms with Gasteiger partial charge < -0.3 is 23.9 Å². The lowest BCUT2D eigenvalue weighted by Gasteiger charge is -2.19. The zero-order valence-electron chi connectivity index (χ0n) is 13.3. The number of carboxylic acid groups (broad SMARTS) is 1. The Bertz CT molecular complexity index is 830. The summed E-state index contributed by atoms with van der Waals surface area (Å²) in [6.45, 7) is 1.53. The normalized spacial score (nSPS) is 19.0. The molecule has 25 heavy (non-hydrogen) atoms. The van der Waals surface area contributed by atoms with Gasteiger partial charge in [0, 0.05) is 18.7 Å². The van der Waals surface area contributed by atoms with Crippen LogP contribution in [0.15, 0.2) is 29.0 Å². The molecule has 2 aliphatic heterocycles. The van der Waals surface area contributed by atoms with Gasteiger partial charge in [0.25, 0.3) is 5.91 Å². The smallest absolute Gasteiger partial charge is 0.308 e. The number of nitrogens with zero attached hydrogens (tertiary/aromatic N) is 2. The molecule has 8 heteroatoms. The summed E-state index contributed by atoms with van der Waals surface area (Å²) in [4.78, 5) is 29.3. The lowest BCUT2D eigenvalue weighted by Crippen LogP contribution is -2.30. The minimum absolute atomic E-state index is 0.169. The fourth-order valence-electron chi connectivity index (χ4n) is 3.08. The summed E-state index contributed by atoms with van der Waals surface area (Å²) in [6, 6.07) is 5.28. The Morgan fingerprint density at radius 3 is 2.76 bits per heavy atom. The molecule has 1 N–H and O–H groups in total. The van der Waals surface area contributed by atoms with Crippen LogP contribution in [0.2, 0.25) is 0 Å². The van der Waals surface area contributed by atoms with Crippen LogP contribution in [0, 0.1) is 5.92 Å². The second-order valence-electron chi connectivity index (χ2n) is 5.96. The molecule has 0 bridgehead atoms. The summed E-state index contributed by atoms with van der Waals surface area (Å²) >= 11 is 0. The third-order valence-corrected chi connectivity index (χ3v) is 4.40. The van der Waals surface area contributed by atoms with Crippen LogP contribution in [-0.4, -0.2) is 53.2 Å². The quantitative estimate of drug-likeness (QED) is 0.903. The van der Waals surface area contributed by atoms with Crippen LogP contribution in [-0.2, 0) is 4.79 Å². The van der Waals surface area contributed by atoms with Crippen molar-refractivity contribution in [2.45, 2.75) is 6.42 Å². The first-order valence-corrected chi connectivity index (χ1v) is 7.99. The standard InChI is InChI=1S/C17H16N2O6/c20-16(19-4-3-11(8-19)17(21)22)14-15(25-9-18-14)10-1-2-12-13(7-10)24-6-5-23-12/h1-2,7,9,11H,3-6,8H2,(H,21,22). The van der Waals surface area contributed by atoms with E-state index >= 15 is 0 Å². The molecular formula is C17H16N2O6. The van der Waals surface area contributed by atoms with Gasteiger partial charge in [-0.15, -0.1) is 0 Å². The molecule has 0 saturated carbocycles. The molecule has 1 aromatic heterocycles. The zero-order valence-corrected chi connectivity index (χ0v) is 13.3. The molecule has 0 spiro atoms. The first kappa shape index (κ1) is 15.5. The molecule has 3 heterocycles. The minimum Gasteiger partial charge on any atom is -0.486 e. The second kappa shape index (κ2) is 6.12. The SMILES string of the molecule is O=C(O)C1CCN(C(=O)c2ncoc2-c2ccc3c(c2)OCCO3)C1. The van der Waals surface area contributed by atoms with Crippen LogP contribution < -0.4 is 9.47 Å². The van der Waals surface area contributed by atoms with E-state index in [1.165, 1.54) is 11.3 Å². The monoisotopic (exact) mass is 344 g/mol. The van der Waals surface area contributed by atoms with Gasteiger partial charge in [-0.25, -0.2) is 4.98 Å². The number of aliphatic carboxylic acids is 1. The Labute approximate surface area is 143 Å². The van der Waals surface area contributed by atoms with E-state index in [2.05, 4.69) is 4.98 Å². The predicted octanol–water partition coefficient (Wildman–Crippen LogP) is 1.66. The highest BCUT2D eigenvalue weighted by molar-refractivity contribution is 5.98. The van der Waals surface area contributed by atoms with Crippen molar-refractivity contribution in [2.24, 2.45) is 5.92 Å². The van der Waals surface area contributed by atoms with E-state index in [4.69, 9.17) is 19.0 Å². The molecule has 1 aromatic carbocycles. The van der Waals surface area contributed by atoms with Crippen molar-refractivity contribution >= 4 is 11.9 Å². The fourth-order valence-corrected chi connectivity index (χ4v) is 3.08. The highest BCUT2D eigenvalue weighted by Gasteiger charge is 2.33. The zero-order chi connectivity index (χ0) is 17.4. The first-order chi connectivity index (χ1) is 12.1. The van der Waals surface area contributed by atoms with E-state index in [9.17, 15) is 9.59 Å². The molecule has 8 nitrogen and oxygen atoms in total. The molecule has 1 unspecified atom stereocenters. The highest BCUT2D eigenvalue weighted by Crippen LogP contribution is 2.36. The number of likely N-dealkylation sites (tertiary alicyclic amines) is 1. The van der Waals surface area contributed by atoms with Gasteiger partial charge in [-0.1, -0.05) is 0 Å². The number of carboxylic acids is 1. The van der Waals surface area contributed by atoms with Crippen LogP contribution in [0.25, 0.3) is 11.3 Å². The van der Waals surface area contributed by atoms with E-state index in [1.807, 2.05) is 0 Å². The number of benzene rings is 1. The van der Waals surface area contributed by atoms with E-state index in [1.54, 1.807) is 18.2 Å². The molecule has 1 amide bonds. The second-order valence-corrected chi connectivity index (χ2v) is 5.96. The molecule has 1 fully saturated rings. The minimum atomic E-state index is -0.887. The van der Waals surface area contributed by atoms with E-state index in [0.717, 1.165) is 0 Å². The van der Waals surface area contributed by atoms with Crippen molar-refractivity contribution in [2.75, 3.05) is 26.3 Å². The molecule has 130 valence electrons. The average molecular weight is 344 g/mol. The molecule has 0 aliphatic carbocycles. The summed E-state index contributed by atoms with van der Waals surface area (Å²) in [5.74, 6) is -0.184. The van der Waals surface area contributed by atoms with Gasteiger partial charge in [0.05, 0.1) is 5.92 Å². The van der Waals surface area contributed by atoms with Gasteiger partial charge in [-0.3, -0.25) is 9.59 Å². The molecule has 2 aromatic rings. The van der Waals surface area contributed by atoms with Gasteiger partial charge in [-0.2, -0.15) is 0 Å². The van der Waals surface area contributed by atoms with Gasteiger partial charge in [0.1, 0.15) is 13.2 Å². The number of hydrogen-bond acceptors (Lipinski definition) is 6. The number of hydrogen-bond donors (Lipinski definition) is 1. The number of aromatic nitrogens is 1. The molecule has 1 saturated heterocycles. The van der Waals surface area contributed by atoms with Gasteiger partial charge in [0.2, 0.25) is 0 Å². The summed E-state index contributed by atoms with van der Waals surface area (Å²) in [6.07, 6.45) is 1.66.